The number of nitrogens with zero attached hydrogens (tertiary/aromatic N) is 2. The van der Waals surface area contributed by atoms with Crippen LogP contribution in [0.5, 0.6) is 0 Å². The van der Waals surface area contributed by atoms with E-state index >= 15 is 0 Å². The molecule has 0 spiro atoms. The van der Waals surface area contributed by atoms with Gasteiger partial charge >= 0.3 is 0 Å². The Hall–Kier alpha value is 0.400. The maximum Gasteiger partial charge on any atom is 0.0110 e. The Morgan fingerprint density at radius 1 is 1.06 bits per heavy atom. The largest absolute Gasteiger partial charge is 0.301 e. The van der Waals surface area contributed by atoms with Crippen molar-refractivity contribution < 1.29 is 0 Å². The Bertz CT molecular complexity index is 210. The zero-order valence-electron chi connectivity index (χ0n) is 11.2. The molecule has 1 heterocycles. The van der Waals surface area contributed by atoms with Crippen LogP contribution in [-0.4, -0.2) is 54.4 Å². The van der Waals surface area contributed by atoms with E-state index in [2.05, 4.69) is 32.7 Å². The molecule has 1 atom stereocenters. The lowest BCUT2D eigenvalue weighted by Crippen LogP contribution is -2.47. The molecule has 17 heavy (non-hydrogen) atoms. The second-order valence-corrected chi connectivity index (χ2v) is 6.75. The zero-order chi connectivity index (χ0) is 12.1. The van der Waals surface area contributed by atoms with Gasteiger partial charge in [-0.15, -0.1) is 0 Å². The molecule has 0 N–H and O–H groups in total. The number of piperazine rings is 1. The van der Waals surface area contributed by atoms with E-state index in [9.17, 15) is 0 Å². The van der Waals surface area contributed by atoms with Crippen LogP contribution in [0.3, 0.4) is 0 Å². The number of hydrogen-bond acceptors (Lipinski definition) is 2. The molecular formula is C14H27BrN2. The minimum atomic E-state index is 0.874. The van der Waals surface area contributed by atoms with Crippen LogP contribution in [0.15, 0.2) is 0 Å². The third-order valence-corrected chi connectivity index (χ3v) is 4.68. The van der Waals surface area contributed by atoms with E-state index in [-0.39, 0.29) is 0 Å². The van der Waals surface area contributed by atoms with Gasteiger partial charge in [0, 0.05) is 38.1 Å². The van der Waals surface area contributed by atoms with E-state index < -0.39 is 0 Å². The quantitative estimate of drug-likeness (QED) is 0.667. The highest BCUT2D eigenvalue weighted by atomic mass is 79.9. The van der Waals surface area contributed by atoms with Gasteiger partial charge in [-0.3, -0.25) is 0 Å². The molecule has 1 saturated heterocycles. The lowest BCUT2D eigenvalue weighted by molar-refractivity contribution is 0.123. The third kappa shape index (κ3) is 5.27. The first-order chi connectivity index (χ1) is 8.28. The molecule has 3 heteroatoms. The van der Waals surface area contributed by atoms with Crippen LogP contribution in [0, 0.1) is 11.8 Å². The predicted octanol–water partition coefficient (Wildman–Crippen LogP) is 2.83. The summed E-state index contributed by atoms with van der Waals surface area (Å²) in [5, 5.41) is 1.16. The van der Waals surface area contributed by atoms with E-state index in [0.29, 0.717) is 0 Å². The molecule has 1 unspecified atom stereocenters. The second-order valence-electron chi connectivity index (χ2n) is 5.96. The summed E-state index contributed by atoms with van der Waals surface area (Å²) in [7, 11) is 0. The molecule has 0 amide bonds. The molecule has 2 aliphatic rings. The first-order valence-electron chi connectivity index (χ1n) is 7.28. The van der Waals surface area contributed by atoms with Gasteiger partial charge < -0.3 is 9.80 Å². The van der Waals surface area contributed by atoms with Gasteiger partial charge in [0.2, 0.25) is 0 Å². The highest BCUT2D eigenvalue weighted by Crippen LogP contribution is 2.29. The molecule has 2 rings (SSSR count). The third-order valence-electron chi connectivity index (χ3n) is 4.22. The fraction of sp³-hybridized carbons (Fsp3) is 1.00. The molecule has 0 bridgehead atoms. The van der Waals surface area contributed by atoms with Crippen molar-refractivity contribution in [2.24, 2.45) is 11.8 Å². The summed E-state index contributed by atoms with van der Waals surface area (Å²) in [4.78, 5) is 5.34. The minimum absolute atomic E-state index is 0.874. The summed E-state index contributed by atoms with van der Waals surface area (Å²) in [6.45, 7) is 10.3. The number of hydrogen-bond donors (Lipinski definition) is 0. The van der Waals surface area contributed by atoms with Crippen molar-refractivity contribution in [3.63, 3.8) is 0 Å². The Morgan fingerprint density at radius 3 is 2.29 bits per heavy atom. The maximum atomic E-state index is 3.53. The van der Waals surface area contributed by atoms with Crippen LogP contribution >= 0.6 is 15.9 Å². The van der Waals surface area contributed by atoms with Crippen molar-refractivity contribution in [2.45, 2.75) is 32.6 Å². The van der Waals surface area contributed by atoms with Crippen molar-refractivity contribution in [3.8, 4) is 0 Å². The lowest BCUT2D eigenvalue weighted by atomic mass is 10.0. The first-order valence-corrected chi connectivity index (χ1v) is 8.40. The monoisotopic (exact) mass is 302 g/mol. The van der Waals surface area contributed by atoms with E-state index in [1.54, 1.807) is 0 Å². The summed E-state index contributed by atoms with van der Waals surface area (Å²) in [5.74, 6) is 1.93. The first kappa shape index (κ1) is 13.8. The van der Waals surface area contributed by atoms with E-state index in [1.165, 1.54) is 65.0 Å². The maximum absolute atomic E-state index is 3.53. The molecule has 1 aliphatic heterocycles. The molecule has 100 valence electrons. The SMILES string of the molecule is CC(CCBr)CCN1CCN(CC2CC2)CC1. The van der Waals surface area contributed by atoms with Crippen LogP contribution < -0.4 is 0 Å². The van der Waals surface area contributed by atoms with Crippen LogP contribution in [0.4, 0.5) is 0 Å². The van der Waals surface area contributed by atoms with Gasteiger partial charge in [-0.2, -0.15) is 0 Å². The topological polar surface area (TPSA) is 6.48 Å². The van der Waals surface area contributed by atoms with Crippen LogP contribution in [0.25, 0.3) is 0 Å². The van der Waals surface area contributed by atoms with Gasteiger partial charge in [-0.1, -0.05) is 22.9 Å². The Morgan fingerprint density at radius 2 is 1.71 bits per heavy atom. The van der Waals surface area contributed by atoms with Crippen molar-refractivity contribution >= 4 is 15.9 Å². The average molecular weight is 303 g/mol. The van der Waals surface area contributed by atoms with Crippen LogP contribution in [-0.2, 0) is 0 Å². The molecule has 0 aromatic rings. The standard InChI is InChI=1S/C14H27BrN2/c1-13(4-6-15)5-7-16-8-10-17(11-9-16)12-14-2-3-14/h13-14H,2-12H2,1H3. The van der Waals surface area contributed by atoms with Crippen molar-refractivity contribution in [2.75, 3.05) is 44.6 Å². The van der Waals surface area contributed by atoms with Gasteiger partial charge in [-0.05, 0) is 44.1 Å². The van der Waals surface area contributed by atoms with E-state index in [1.807, 2.05) is 0 Å². The summed E-state index contributed by atoms with van der Waals surface area (Å²) < 4.78 is 0. The zero-order valence-corrected chi connectivity index (χ0v) is 12.8. The smallest absolute Gasteiger partial charge is 0.0110 e. The van der Waals surface area contributed by atoms with Gasteiger partial charge in [0.05, 0.1) is 0 Å². The van der Waals surface area contributed by atoms with Gasteiger partial charge in [0.15, 0.2) is 0 Å². The number of halogens is 1. The molecule has 0 aromatic heterocycles. The Labute approximate surface area is 115 Å². The lowest BCUT2D eigenvalue weighted by Gasteiger charge is -2.35. The van der Waals surface area contributed by atoms with Crippen molar-refractivity contribution in [1.29, 1.82) is 0 Å². The summed E-state index contributed by atoms with van der Waals surface area (Å²) in [6, 6.07) is 0. The average Bonchev–Trinajstić information content (AvgIpc) is 3.13. The fourth-order valence-corrected chi connectivity index (χ4v) is 3.38. The second kappa shape index (κ2) is 7.10. The van der Waals surface area contributed by atoms with Crippen molar-refractivity contribution in [1.82, 2.24) is 9.80 Å². The molecular weight excluding hydrogens is 276 g/mol. The molecule has 2 nitrogen and oxygen atoms in total. The molecule has 0 radical (unpaired) electrons. The van der Waals surface area contributed by atoms with E-state index in [0.717, 1.165) is 17.2 Å². The molecule has 1 aliphatic carbocycles. The fourth-order valence-electron chi connectivity index (χ4n) is 2.59. The highest BCUT2D eigenvalue weighted by molar-refractivity contribution is 9.09. The predicted molar refractivity (Wildman–Crippen MR) is 77.8 cm³/mol. The van der Waals surface area contributed by atoms with Crippen LogP contribution in [0.2, 0.25) is 0 Å². The van der Waals surface area contributed by atoms with Gasteiger partial charge in [0.25, 0.3) is 0 Å². The highest BCUT2D eigenvalue weighted by Gasteiger charge is 2.26. The Kier molecular flexibility index (Phi) is 5.78. The number of rotatable bonds is 7. The van der Waals surface area contributed by atoms with E-state index in [4.69, 9.17) is 0 Å². The molecule has 0 aromatic carbocycles. The minimum Gasteiger partial charge on any atom is -0.301 e. The normalized spacial score (nSPS) is 25.1. The summed E-state index contributed by atoms with van der Waals surface area (Å²) in [6.07, 6.45) is 5.67. The number of alkyl halides is 1. The van der Waals surface area contributed by atoms with Gasteiger partial charge in [0.1, 0.15) is 0 Å². The summed E-state index contributed by atoms with van der Waals surface area (Å²) in [5.41, 5.74) is 0. The van der Waals surface area contributed by atoms with Gasteiger partial charge in [-0.25, -0.2) is 0 Å². The summed E-state index contributed by atoms with van der Waals surface area (Å²) >= 11 is 3.53. The Balaban J connectivity index is 1.55. The molecule has 2 fully saturated rings. The van der Waals surface area contributed by atoms with Crippen molar-refractivity contribution in [3.05, 3.63) is 0 Å². The molecule has 1 saturated carbocycles. The van der Waals surface area contributed by atoms with Crippen LogP contribution in [0.1, 0.15) is 32.6 Å².